The number of rotatable bonds is 5. The Balaban J connectivity index is 2.82. The number of carbonyl (C=O) groups is 2. The highest BCUT2D eigenvalue weighted by Crippen LogP contribution is 2.29. The first-order chi connectivity index (χ1) is 9.64. The lowest BCUT2D eigenvalue weighted by molar-refractivity contribution is -0.142. The molecular formula is C15H21NO5. The maximum atomic E-state index is 12.2. The Hall–Kier alpha value is -2.00. The number of nitrogens with zero attached hydrogens (tertiary/aromatic N) is 1. The first kappa shape index (κ1) is 17.1. The fourth-order valence-corrected chi connectivity index (χ4v) is 2.20. The van der Waals surface area contributed by atoms with Crippen LogP contribution in [0.15, 0.2) is 12.7 Å². The summed E-state index contributed by atoms with van der Waals surface area (Å²) in [6.45, 7) is 6.81. The summed E-state index contributed by atoms with van der Waals surface area (Å²) in [4.78, 5) is 24.4. The molecule has 1 fully saturated rings. The number of allylic oxidation sites excluding steroid dienone is 1. The van der Waals surface area contributed by atoms with E-state index in [9.17, 15) is 14.7 Å². The number of hydrogen-bond acceptors (Lipinski definition) is 4. The van der Waals surface area contributed by atoms with E-state index < -0.39 is 29.3 Å². The summed E-state index contributed by atoms with van der Waals surface area (Å²) in [5.41, 5.74) is -2.39. The van der Waals surface area contributed by atoms with Crippen molar-refractivity contribution in [2.45, 2.75) is 50.4 Å². The zero-order valence-corrected chi connectivity index (χ0v) is 12.3. The standard InChI is InChI=1S/C15H21NO5/c1-5-7-8-14(3,4)21-13(19)16-10-15(20,6-2)9-11(16)12(17)18/h2,5,11,20H,1,7-10H2,3-4H3,(H,17,18)/t11-,15+/m1/s1. The van der Waals surface area contributed by atoms with Crippen molar-refractivity contribution in [3.05, 3.63) is 12.7 Å². The predicted octanol–water partition coefficient (Wildman–Crippen LogP) is 1.39. The van der Waals surface area contributed by atoms with Gasteiger partial charge < -0.3 is 14.9 Å². The SMILES string of the molecule is C#C[C@]1(O)C[C@H](C(=O)O)N(C(=O)OC(C)(C)CCC=C)C1. The maximum Gasteiger partial charge on any atom is 0.411 e. The zero-order valence-electron chi connectivity index (χ0n) is 12.3. The third kappa shape index (κ3) is 4.23. The molecule has 0 unspecified atom stereocenters. The van der Waals surface area contributed by atoms with Gasteiger partial charge in [-0.3, -0.25) is 4.90 Å². The van der Waals surface area contributed by atoms with Gasteiger partial charge in [0.2, 0.25) is 0 Å². The Morgan fingerprint density at radius 1 is 1.62 bits per heavy atom. The minimum atomic E-state index is -1.63. The van der Waals surface area contributed by atoms with Gasteiger partial charge in [0.15, 0.2) is 0 Å². The molecule has 1 saturated heterocycles. The van der Waals surface area contributed by atoms with Crippen LogP contribution in [0.5, 0.6) is 0 Å². The molecule has 0 aliphatic carbocycles. The zero-order chi connectivity index (χ0) is 16.3. The van der Waals surface area contributed by atoms with Crippen LogP contribution in [-0.4, -0.2) is 51.0 Å². The molecule has 1 aliphatic rings. The van der Waals surface area contributed by atoms with Gasteiger partial charge in [-0.05, 0) is 26.7 Å². The lowest BCUT2D eigenvalue weighted by Crippen LogP contribution is -2.44. The topological polar surface area (TPSA) is 87.1 Å². The molecule has 0 aromatic carbocycles. The van der Waals surface area contributed by atoms with Gasteiger partial charge in [-0.2, -0.15) is 0 Å². The van der Waals surface area contributed by atoms with E-state index in [0.29, 0.717) is 12.8 Å². The Labute approximate surface area is 124 Å². The first-order valence-electron chi connectivity index (χ1n) is 6.67. The van der Waals surface area contributed by atoms with Crippen molar-refractivity contribution in [1.29, 1.82) is 0 Å². The van der Waals surface area contributed by atoms with Crippen molar-refractivity contribution in [1.82, 2.24) is 4.90 Å². The van der Waals surface area contributed by atoms with E-state index in [0.717, 1.165) is 4.90 Å². The van der Waals surface area contributed by atoms with Gasteiger partial charge in [0.25, 0.3) is 0 Å². The van der Waals surface area contributed by atoms with E-state index >= 15 is 0 Å². The van der Waals surface area contributed by atoms with Crippen LogP contribution in [0.3, 0.4) is 0 Å². The minimum absolute atomic E-state index is 0.207. The second kappa shape index (κ2) is 6.19. The summed E-state index contributed by atoms with van der Waals surface area (Å²) in [7, 11) is 0. The summed E-state index contributed by atoms with van der Waals surface area (Å²) < 4.78 is 5.34. The van der Waals surface area contributed by atoms with Gasteiger partial charge in [0.05, 0.1) is 6.54 Å². The number of hydrogen-bond donors (Lipinski definition) is 2. The molecule has 2 N–H and O–H groups in total. The molecule has 6 heteroatoms. The fourth-order valence-electron chi connectivity index (χ4n) is 2.20. The first-order valence-corrected chi connectivity index (χ1v) is 6.67. The highest BCUT2D eigenvalue weighted by molar-refractivity contribution is 5.81. The van der Waals surface area contributed by atoms with E-state index in [1.807, 2.05) is 0 Å². The van der Waals surface area contributed by atoms with Crippen molar-refractivity contribution < 1.29 is 24.5 Å². The van der Waals surface area contributed by atoms with Crippen LogP contribution < -0.4 is 0 Å². The number of terminal acetylenes is 1. The van der Waals surface area contributed by atoms with Gasteiger partial charge in [0, 0.05) is 6.42 Å². The smallest absolute Gasteiger partial charge is 0.411 e. The van der Waals surface area contributed by atoms with E-state index in [-0.39, 0.29) is 13.0 Å². The largest absolute Gasteiger partial charge is 0.480 e. The molecule has 1 aliphatic heterocycles. The molecule has 1 heterocycles. The van der Waals surface area contributed by atoms with Gasteiger partial charge in [-0.25, -0.2) is 9.59 Å². The third-order valence-electron chi connectivity index (χ3n) is 3.44. The monoisotopic (exact) mass is 295 g/mol. The normalized spacial score (nSPS) is 25.2. The molecule has 1 amide bonds. The summed E-state index contributed by atoms with van der Waals surface area (Å²) >= 11 is 0. The number of aliphatic hydroxyl groups is 1. The number of carboxylic acids is 1. The molecule has 116 valence electrons. The van der Waals surface area contributed by atoms with E-state index in [4.69, 9.17) is 16.3 Å². The lowest BCUT2D eigenvalue weighted by atomic mass is 10.0. The number of likely N-dealkylation sites (tertiary alicyclic amines) is 1. The molecule has 0 spiro atoms. The van der Waals surface area contributed by atoms with Crippen LogP contribution >= 0.6 is 0 Å². The lowest BCUT2D eigenvalue weighted by Gasteiger charge is -2.29. The second-order valence-electron chi connectivity index (χ2n) is 5.82. The quantitative estimate of drug-likeness (QED) is 0.591. The van der Waals surface area contributed by atoms with E-state index in [1.165, 1.54) is 0 Å². The predicted molar refractivity (Wildman–Crippen MR) is 76.5 cm³/mol. The van der Waals surface area contributed by atoms with Crippen LogP contribution in [0, 0.1) is 12.3 Å². The fraction of sp³-hybridized carbons (Fsp3) is 0.600. The van der Waals surface area contributed by atoms with Gasteiger partial charge in [-0.15, -0.1) is 13.0 Å². The molecule has 0 aromatic rings. The minimum Gasteiger partial charge on any atom is -0.480 e. The van der Waals surface area contributed by atoms with Crippen LogP contribution in [0.4, 0.5) is 4.79 Å². The Bertz CT molecular complexity index is 479. The van der Waals surface area contributed by atoms with Crippen molar-refractivity contribution in [2.75, 3.05) is 6.54 Å². The van der Waals surface area contributed by atoms with Crippen LogP contribution in [-0.2, 0) is 9.53 Å². The molecule has 0 radical (unpaired) electrons. The summed E-state index contributed by atoms with van der Waals surface area (Å²) in [5.74, 6) is 0.916. The van der Waals surface area contributed by atoms with Gasteiger partial charge in [-0.1, -0.05) is 12.0 Å². The molecule has 2 atom stereocenters. The van der Waals surface area contributed by atoms with Crippen molar-refractivity contribution >= 4 is 12.1 Å². The highest BCUT2D eigenvalue weighted by atomic mass is 16.6. The average molecular weight is 295 g/mol. The molecule has 0 saturated carbocycles. The van der Waals surface area contributed by atoms with Crippen LogP contribution in [0.2, 0.25) is 0 Å². The molecule has 21 heavy (non-hydrogen) atoms. The van der Waals surface area contributed by atoms with Crippen molar-refractivity contribution in [3.63, 3.8) is 0 Å². The average Bonchev–Trinajstić information content (AvgIpc) is 2.75. The number of carbonyl (C=O) groups excluding carboxylic acids is 1. The maximum absolute atomic E-state index is 12.2. The molecule has 0 aromatic heterocycles. The van der Waals surface area contributed by atoms with Crippen LogP contribution in [0.25, 0.3) is 0 Å². The van der Waals surface area contributed by atoms with E-state index in [1.54, 1.807) is 19.9 Å². The number of β-amino-alcohol motifs (C(OH)–C–C–N with tert-alkyl or cyclic N) is 1. The number of aliphatic carboxylic acids is 1. The highest BCUT2D eigenvalue weighted by Gasteiger charge is 2.48. The van der Waals surface area contributed by atoms with Gasteiger partial charge >= 0.3 is 12.1 Å². The summed E-state index contributed by atoms with van der Waals surface area (Å²) in [6, 6.07) is -1.19. The third-order valence-corrected chi connectivity index (χ3v) is 3.44. The molecule has 1 rings (SSSR count). The van der Waals surface area contributed by atoms with E-state index in [2.05, 4.69) is 12.5 Å². The van der Waals surface area contributed by atoms with Gasteiger partial charge in [0.1, 0.15) is 17.2 Å². The van der Waals surface area contributed by atoms with Crippen molar-refractivity contribution in [3.8, 4) is 12.3 Å². The molecular weight excluding hydrogens is 274 g/mol. The molecule has 0 bridgehead atoms. The number of amides is 1. The summed E-state index contributed by atoms with van der Waals surface area (Å²) in [6.07, 6.45) is 7.14. The second-order valence-corrected chi connectivity index (χ2v) is 5.82. The number of carboxylic acid groups (broad SMARTS) is 1. The summed E-state index contributed by atoms with van der Waals surface area (Å²) in [5, 5.41) is 19.2. The Kier molecular flexibility index (Phi) is 5.02. The Morgan fingerprint density at radius 2 is 2.24 bits per heavy atom. The van der Waals surface area contributed by atoms with Crippen molar-refractivity contribution in [2.24, 2.45) is 0 Å². The molecule has 6 nitrogen and oxygen atoms in total. The number of ether oxygens (including phenoxy) is 1. The Morgan fingerprint density at radius 3 is 2.71 bits per heavy atom. The van der Waals surface area contributed by atoms with Crippen LogP contribution in [0.1, 0.15) is 33.1 Å².